The van der Waals surface area contributed by atoms with Gasteiger partial charge in [0.1, 0.15) is 16.6 Å². The zero-order valence-corrected chi connectivity index (χ0v) is 17.6. The van der Waals surface area contributed by atoms with Crippen LogP contribution in [0.15, 0.2) is 42.6 Å². The molecule has 2 aromatic heterocycles. The van der Waals surface area contributed by atoms with E-state index in [0.717, 1.165) is 32.7 Å². The van der Waals surface area contributed by atoms with Crippen LogP contribution in [0.2, 0.25) is 0 Å². The smallest absolute Gasteiger partial charge is 0.412 e. The lowest BCUT2D eigenvalue weighted by Crippen LogP contribution is -2.13. The summed E-state index contributed by atoms with van der Waals surface area (Å²) in [4.78, 5) is 16.9. The second kappa shape index (κ2) is 7.67. The van der Waals surface area contributed by atoms with Gasteiger partial charge in [-0.15, -0.1) is 0 Å². The molecule has 0 aliphatic rings. The molecule has 1 N–H and O–H groups in total. The van der Waals surface area contributed by atoms with Crippen molar-refractivity contribution in [1.29, 1.82) is 0 Å². The number of rotatable bonds is 4. The Morgan fingerprint density at radius 2 is 2.00 bits per heavy atom. The molecular weight excluding hydrogens is 384 g/mol. The fourth-order valence-corrected chi connectivity index (χ4v) is 4.29. The molecule has 0 atom stereocenters. The van der Waals surface area contributed by atoms with Crippen molar-refractivity contribution in [3.63, 3.8) is 0 Å². The molecule has 1 amide bonds. The lowest BCUT2D eigenvalue weighted by Gasteiger charge is -2.06. The van der Waals surface area contributed by atoms with Gasteiger partial charge in [-0.25, -0.2) is 9.78 Å². The monoisotopic (exact) mass is 406 g/mol. The van der Waals surface area contributed by atoms with Crippen LogP contribution in [0.1, 0.15) is 22.4 Å². The van der Waals surface area contributed by atoms with Gasteiger partial charge in [0, 0.05) is 24.2 Å². The number of fused-ring (bicyclic) bond motifs is 1. The predicted molar refractivity (Wildman–Crippen MR) is 116 cm³/mol. The van der Waals surface area contributed by atoms with Gasteiger partial charge in [0.05, 0.1) is 11.2 Å². The first-order valence-corrected chi connectivity index (χ1v) is 10.1. The average molecular weight is 407 g/mol. The third kappa shape index (κ3) is 4.14. The summed E-state index contributed by atoms with van der Waals surface area (Å²) < 4.78 is 7.16. The summed E-state index contributed by atoms with van der Waals surface area (Å²) in [5, 5.41) is 9.77. The van der Waals surface area contributed by atoms with Crippen molar-refractivity contribution < 1.29 is 9.53 Å². The number of benzene rings is 2. The molecule has 0 saturated carbocycles. The Bertz CT molecular complexity index is 1210. The van der Waals surface area contributed by atoms with Gasteiger partial charge in [0.15, 0.2) is 0 Å². The van der Waals surface area contributed by atoms with Gasteiger partial charge in [-0.05, 0) is 44.0 Å². The zero-order valence-electron chi connectivity index (χ0n) is 16.8. The minimum absolute atomic E-state index is 0.193. The van der Waals surface area contributed by atoms with Gasteiger partial charge < -0.3 is 4.74 Å². The summed E-state index contributed by atoms with van der Waals surface area (Å²) in [7, 11) is 1.88. The summed E-state index contributed by atoms with van der Waals surface area (Å²) in [5.74, 6) is 0. The molecule has 2 aromatic carbocycles. The highest BCUT2D eigenvalue weighted by molar-refractivity contribution is 7.19. The van der Waals surface area contributed by atoms with Crippen molar-refractivity contribution in [1.82, 2.24) is 14.8 Å². The first-order valence-electron chi connectivity index (χ1n) is 9.30. The highest BCUT2D eigenvalue weighted by Crippen LogP contribution is 2.33. The second-order valence-electron chi connectivity index (χ2n) is 7.15. The summed E-state index contributed by atoms with van der Waals surface area (Å²) in [6, 6.07) is 12.1. The van der Waals surface area contributed by atoms with Gasteiger partial charge in [0.2, 0.25) is 0 Å². The van der Waals surface area contributed by atoms with E-state index in [2.05, 4.69) is 47.4 Å². The van der Waals surface area contributed by atoms with Crippen LogP contribution in [0, 0.1) is 20.8 Å². The fourth-order valence-electron chi connectivity index (χ4n) is 3.25. The molecule has 4 rings (SSSR count). The van der Waals surface area contributed by atoms with Crippen LogP contribution in [0.25, 0.3) is 21.5 Å². The maximum Gasteiger partial charge on any atom is 0.412 e. The van der Waals surface area contributed by atoms with Gasteiger partial charge in [0.25, 0.3) is 0 Å². The summed E-state index contributed by atoms with van der Waals surface area (Å²) in [6.07, 6.45) is 1.45. The van der Waals surface area contributed by atoms with Crippen molar-refractivity contribution >= 4 is 33.3 Å². The van der Waals surface area contributed by atoms with Crippen molar-refractivity contribution in [2.24, 2.45) is 7.05 Å². The molecule has 0 unspecified atom stereocenters. The molecule has 0 fully saturated rings. The van der Waals surface area contributed by atoms with Crippen LogP contribution < -0.4 is 5.32 Å². The molecule has 6 nitrogen and oxygen atoms in total. The molecule has 148 valence electrons. The average Bonchev–Trinajstić information content (AvgIpc) is 3.21. The van der Waals surface area contributed by atoms with Crippen molar-refractivity contribution in [2.45, 2.75) is 27.4 Å². The quantitative estimate of drug-likeness (QED) is 0.495. The van der Waals surface area contributed by atoms with E-state index in [1.807, 2.05) is 38.4 Å². The largest absolute Gasteiger partial charge is 0.444 e. The minimum Gasteiger partial charge on any atom is -0.444 e. The highest BCUT2D eigenvalue weighted by Gasteiger charge is 2.14. The van der Waals surface area contributed by atoms with Gasteiger partial charge in [-0.3, -0.25) is 10.00 Å². The SMILES string of the molecule is Cc1ccc(-c2nc(C)c(NC(=O)OCc3ccc4nn(C)cc4c3)s2)c(C)c1. The first kappa shape index (κ1) is 19.1. The topological polar surface area (TPSA) is 69.0 Å². The molecule has 7 heteroatoms. The van der Waals surface area contributed by atoms with Crippen LogP contribution in [-0.4, -0.2) is 20.9 Å². The predicted octanol–water partition coefficient (Wildman–Crippen LogP) is 5.37. The molecule has 0 spiro atoms. The summed E-state index contributed by atoms with van der Waals surface area (Å²) >= 11 is 1.45. The number of carbonyl (C=O) groups is 1. The molecule has 0 aliphatic carbocycles. The lowest BCUT2D eigenvalue weighted by molar-refractivity contribution is 0.155. The van der Waals surface area contributed by atoms with Gasteiger partial charge >= 0.3 is 6.09 Å². The van der Waals surface area contributed by atoms with Crippen LogP contribution >= 0.6 is 11.3 Å². The van der Waals surface area contributed by atoms with E-state index >= 15 is 0 Å². The standard InChI is InChI=1S/C22H22N4O2S/c1-13-5-7-18(14(2)9-13)21-23-15(3)20(29-21)24-22(27)28-12-16-6-8-19-17(10-16)11-26(4)25-19/h5-11H,12H2,1-4H3,(H,24,27). The van der Waals surface area contributed by atoms with Crippen LogP contribution in [0.4, 0.5) is 9.80 Å². The number of ether oxygens (including phenoxy) is 1. The molecule has 0 radical (unpaired) electrons. The summed E-state index contributed by atoms with van der Waals surface area (Å²) in [5.41, 5.74) is 6.07. The number of amides is 1. The Kier molecular flexibility index (Phi) is 5.07. The minimum atomic E-state index is -0.491. The molecule has 0 aliphatic heterocycles. The van der Waals surface area contributed by atoms with Crippen molar-refractivity contribution in [3.8, 4) is 10.6 Å². The lowest BCUT2D eigenvalue weighted by atomic mass is 10.1. The Morgan fingerprint density at radius 1 is 1.17 bits per heavy atom. The molecular formula is C22H22N4O2S. The van der Waals surface area contributed by atoms with Crippen LogP contribution in [-0.2, 0) is 18.4 Å². The highest BCUT2D eigenvalue weighted by atomic mass is 32.1. The molecule has 0 bridgehead atoms. The maximum atomic E-state index is 12.3. The summed E-state index contributed by atoms with van der Waals surface area (Å²) in [6.45, 7) is 6.21. The number of nitrogens with one attached hydrogen (secondary N) is 1. The van der Waals surface area contributed by atoms with E-state index in [0.29, 0.717) is 5.00 Å². The number of nitrogens with zero attached hydrogens (tertiary/aromatic N) is 3. The third-order valence-corrected chi connectivity index (χ3v) is 5.78. The number of aromatic nitrogens is 3. The van der Waals surface area contributed by atoms with E-state index in [4.69, 9.17) is 4.74 Å². The van der Waals surface area contributed by atoms with Gasteiger partial charge in [-0.1, -0.05) is 41.2 Å². The normalized spacial score (nSPS) is 11.0. The van der Waals surface area contributed by atoms with E-state index in [1.54, 1.807) is 4.68 Å². The number of anilines is 1. The molecule has 4 aromatic rings. The number of thiazole rings is 1. The number of aryl methyl sites for hydroxylation is 4. The van der Waals surface area contributed by atoms with E-state index < -0.39 is 6.09 Å². The molecule has 0 saturated heterocycles. The van der Waals surface area contributed by atoms with E-state index in [9.17, 15) is 4.79 Å². The van der Waals surface area contributed by atoms with E-state index in [1.165, 1.54) is 22.5 Å². The molecule has 2 heterocycles. The third-order valence-electron chi connectivity index (χ3n) is 4.68. The maximum absolute atomic E-state index is 12.3. The number of hydrogen-bond acceptors (Lipinski definition) is 5. The van der Waals surface area contributed by atoms with Crippen molar-refractivity contribution in [3.05, 3.63) is 65.0 Å². The Hall–Kier alpha value is -3.19. The first-order chi connectivity index (χ1) is 13.9. The van der Waals surface area contributed by atoms with Crippen molar-refractivity contribution in [2.75, 3.05) is 5.32 Å². The number of hydrogen-bond donors (Lipinski definition) is 1. The van der Waals surface area contributed by atoms with Crippen LogP contribution in [0.3, 0.4) is 0 Å². The number of carbonyl (C=O) groups excluding carboxylic acids is 1. The fraction of sp³-hybridized carbons (Fsp3) is 0.227. The Morgan fingerprint density at radius 3 is 2.79 bits per heavy atom. The van der Waals surface area contributed by atoms with Crippen LogP contribution in [0.5, 0.6) is 0 Å². The Labute approximate surface area is 173 Å². The Balaban J connectivity index is 1.43. The van der Waals surface area contributed by atoms with Gasteiger partial charge in [-0.2, -0.15) is 5.10 Å². The molecule has 29 heavy (non-hydrogen) atoms. The second-order valence-corrected chi connectivity index (χ2v) is 8.15. The zero-order chi connectivity index (χ0) is 20.5. The van der Waals surface area contributed by atoms with E-state index in [-0.39, 0.29) is 6.61 Å².